The number of unbranched alkanes of at least 4 members (excludes halogenated alkanes) is 2. The maximum atomic E-state index is 13.6. The SMILES string of the molecule is CCCCCOc1ccc(-c2cc(F)c(C(=O)O)s2)cc1[N+](=O)[O-]. The fourth-order valence-electron chi connectivity index (χ4n) is 2.13. The molecule has 0 bridgehead atoms. The number of thiophene rings is 1. The van der Waals surface area contributed by atoms with Crippen molar-refractivity contribution in [2.75, 3.05) is 6.61 Å². The second-order valence-corrected chi connectivity index (χ2v) is 6.14. The molecule has 1 aromatic heterocycles. The van der Waals surface area contributed by atoms with Crippen molar-refractivity contribution in [2.45, 2.75) is 26.2 Å². The second kappa shape index (κ2) is 7.87. The molecule has 8 heteroatoms. The van der Waals surface area contributed by atoms with Gasteiger partial charge in [0.2, 0.25) is 0 Å². The van der Waals surface area contributed by atoms with Crippen LogP contribution >= 0.6 is 11.3 Å². The van der Waals surface area contributed by atoms with Crippen molar-refractivity contribution < 1.29 is 24.0 Å². The predicted octanol–water partition coefficient (Wildman–Crippen LogP) is 4.73. The van der Waals surface area contributed by atoms with Crippen LogP contribution in [0.5, 0.6) is 5.75 Å². The molecule has 0 aliphatic rings. The summed E-state index contributed by atoms with van der Waals surface area (Å²) < 4.78 is 19.0. The number of hydrogen-bond acceptors (Lipinski definition) is 5. The molecular formula is C16H16FNO5S. The number of carboxylic acids is 1. The van der Waals surface area contributed by atoms with Crippen LogP contribution in [0.2, 0.25) is 0 Å². The normalized spacial score (nSPS) is 10.6. The number of ether oxygens (including phenoxy) is 1. The van der Waals surface area contributed by atoms with Crippen molar-refractivity contribution in [3.63, 3.8) is 0 Å². The van der Waals surface area contributed by atoms with Crippen LogP contribution in [-0.4, -0.2) is 22.6 Å². The largest absolute Gasteiger partial charge is 0.487 e. The van der Waals surface area contributed by atoms with Gasteiger partial charge in [-0.05, 0) is 30.2 Å². The molecule has 2 rings (SSSR count). The minimum Gasteiger partial charge on any atom is -0.487 e. The molecule has 6 nitrogen and oxygen atoms in total. The summed E-state index contributed by atoms with van der Waals surface area (Å²) in [6.07, 6.45) is 2.78. The van der Waals surface area contributed by atoms with Crippen LogP contribution in [0.15, 0.2) is 24.3 Å². The molecular weight excluding hydrogens is 337 g/mol. The van der Waals surface area contributed by atoms with Gasteiger partial charge in [-0.15, -0.1) is 11.3 Å². The van der Waals surface area contributed by atoms with Gasteiger partial charge in [-0.3, -0.25) is 10.1 Å². The Morgan fingerprint density at radius 1 is 1.38 bits per heavy atom. The highest BCUT2D eigenvalue weighted by molar-refractivity contribution is 7.17. The number of carbonyl (C=O) groups is 1. The van der Waals surface area contributed by atoms with Crippen molar-refractivity contribution >= 4 is 23.0 Å². The maximum absolute atomic E-state index is 13.6. The summed E-state index contributed by atoms with van der Waals surface area (Å²) in [6, 6.07) is 5.34. The van der Waals surface area contributed by atoms with Crippen LogP contribution in [0, 0.1) is 15.9 Å². The smallest absolute Gasteiger partial charge is 0.348 e. The topological polar surface area (TPSA) is 89.7 Å². The van der Waals surface area contributed by atoms with E-state index in [9.17, 15) is 19.3 Å². The first-order chi connectivity index (χ1) is 11.4. The number of rotatable bonds is 8. The minimum atomic E-state index is -1.37. The second-order valence-electron chi connectivity index (χ2n) is 5.09. The van der Waals surface area contributed by atoms with E-state index in [0.29, 0.717) is 17.0 Å². The molecule has 0 spiro atoms. The Kier molecular flexibility index (Phi) is 5.86. The molecule has 1 N–H and O–H groups in total. The van der Waals surface area contributed by atoms with Gasteiger partial charge in [0.15, 0.2) is 5.75 Å². The lowest BCUT2D eigenvalue weighted by Crippen LogP contribution is -2.00. The molecule has 0 saturated heterocycles. The fourth-order valence-corrected chi connectivity index (χ4v) is 3.00. The molecule has 0 atom stereocenters. The third-order valence-corrected chi connectivity index (χ3v) is 4.47. The summed E-state index contributed by atoms with van der Waals surface area (Å²) in [4.78, 5) is 21.5. The molecule has 1 aromatic carbocycles. The van der Waals surface area contributed by atoms with E-state index in [1.54, 1.807) is 6.07 Å². The van der Waals surface area contributed by atoms with Gasteiger partial charge < -0.3 is 9.84 Å². The molecule has 24 heavy (non-hydrogen) atoms. The summed E-state index contributed by atoms with van der Waals surface area (Å²) in [5, 5.41) is 20.1. The molecule has 1 heterocycles. The van der Waals surface area contributed by atoms with E-state index >= 15 is 0 Å². The number of benzene rings is 1. The molecule has 128 valence electrons. The van der Waals surface area contributed by atoms with Crippen LogP contribution in [-0.2, 0) is 0 Å². The number of nitrogens with zero attached hydrogens (tertiary/aromatic N) is 1. The third kappa shape index (κ3) is 4.08. The molecule has 0 saturated carbocycles. The van der Waals surface area contributed by atoms with Crippen molar-refractivity contribution in [3.8, 4) is 16.2 Å². The highest BCUT2D eigenvalue weighted by Gasteiger charge is 2.20. The average molecular weight is 353 g/mol. The van der Waals surface area contributed by atoms with Gasteiger partial charge in [0, 0.05) is 10.9 Å². The van der Waals surface area contributed by atoms with E-state index in [1.165, 1.54) is 12.1 Å². The molecule has 0 aliphatic heterocycles. The van der Waals surface area contributed by atoms with Gasteiger partial charge in [-0.1, -0.05) is 19.8 Å². The standard InChI is InChI=1S/C16H16FNO5S/c1-2-3-4-7-23-13-6-5-10(8-12(13)18(21)22)14-9-11(17)15(24-14)16(19)20/h5-6,8-9H,2-4,7H2,1H3,(H,19,20). The van der Waals surface area contributed by atoms with Gasteiger partial charge in [0.05, 0.1) is 11.5 Å². The number of nitro benzene ring substituents is 1. The van der Waals surface area contributed by atoms with Gasteiger partial charge in [0.1, 0.15) is 10.7 Å². The van der Waals surface area contributed by atoms with E-state index in [4.69, 9.17) is 9.84 Å². The number of nitro groups is 1. The number of carboxylic acid groups (broad SMARTS) is 1. The third-order valence-electron chi connectivity index (χ3n) is 3.33. The van der Waals surface area contributed by atoms with Gasteiger partial charge in [-0.2, -0.15) is 0 Å². The quantitative estimate of drug-likeness (QED) is 0.421. The lowest BCUT2D eigenvalue weighted by Gasteiger charge is -2.07. The predicted molar refractivity (Wildman–Crippen MR) is 88.3 cm³/mol. The van der Waals surface area contributed by atoms with Crippen LogP contribution in [0.25, 0.3) is 10.4 Å². The Hall–Kier alpha value is -2.48. The first-order valence-electron chi connectivity index (χ1n) is 7.38. The summed E-state index contributed by atoms with van der Waals surface area (Å²) in [7, 11) is 0. The fraction of sp³-hybridized carbons (Fsp3) is 0.312. The molecule has 0 fully saturated rings. The van der Waals surface area contributed by atoms with E-state index in [-0.39, 0.29) is 11.4 Å². The lowest BCUT2D eigenvalue weighted by atomic mass is 10.1. The number of hydrogen-bond donors (Lipinski definition) is 1. The Balaban J connectivity index is 2.29. The Morgan fingerprint density at radius 2 is 2.12 bits per heavy atom. The summed E-state index contributed by atoms with van der Waals surface area (Å²) in [6.45, 7) is 2.42. The van der Waals surface area contributed by atoms with Crippen molar-refractivity contribution in [1.82, 2.24) is 0 Å². The van der Waals surface area contributed by atoms with Crippen molar-refractivity contribution in [1.29, 1.82) is 0 Å². The Bertz CT molecular complexity index is 759. The zero-order valence-corrected chi connectivity index (χ0v) is 13.8. The highest BCUT2D eigenvalue weighted by atomic mass is 32.1. The summed E-state index contributed by atoms with van der Waals surface area (Å²) >= 11 is 0.733. The Morgan fingerprint density at radius 3 is 2.71 bits per heavy atom. The Labute approximate surface area is 141 Å². The number of aromatic carboxylic acids is 1. The lowest BCUT2D eigenvalue weighted by molar-refractivity contribution is -0.385. The first-order valence-corrected chi connectivity index (χ1v) is 8.20. The van der Waals surface area contributed by atoms with Crippen LogP contribution in [0.3, 0.4) is 0 Å². The minimum absolute atomic E-state index is 0.148. The maximum Gasteiger partial charge on any atom is 0.348 e. The van der Waals surface area contributed by atoms with Crippen LogP contribution < -0.4 is 4.74 Å². The monoisotopic (exact) mass is 353 g/mol. The van der Waals surface area contributed by atoms with Crippen molar-refractivity contribution in [3.05, 3.63) is 45.1 Å². The summed E-state index contributed by atoms with van der Waals surface area (Å²) in [5.74, 6) is -2.07. The van der Waals surface area contributed by atoms with Crippen molar-refractivity contribution in [2.24, 2.45) is 0 Å². The van der Waals surface area contributed by atoms with E-state index in [1.807, 2.05) is 6.92 Å². The van der Waals surface area contributed by atoms with E-state index in [0.717, 1.165) is 36.7 Å². The van der Waals surface area contributed by atoms with Gasteiger partial charge >= 0.3 is 11.7 Å². The molecule has 0 radical (unpaired) electrons. The van der Waals surface area contributed by atoms with E-state index < -0.39 is 21.6 Å². The molecule has 2 aromatic rings. The molecule has 0 unspecified atom stereocenters. The zero-order valence-electron chi connectivity index (χ0n) is 13.0. The zero-order chi connectivity index (χ0) is 17.7. The average Bonchev–Trinajstić information content (AvgIpc) is 2.93. The molecule has 0 aliphatic carbocycles. The van der Waals surface area contributed by atoms with Gasteiger partial charge in [-0.25, -0.2) is 9.18 Å². The first kappa shape index (κ1) is 17.9. The molecule has 0 amide bonds. The number of halogens is 1. The highest BCUT2D eigenvalue weighted by Crippen LogP contribution is 2.36. The summed E-state index contributed by atoms with van der Waals surface area (Å²) in [5.41, 5.74) is 0.147. The van der Waals surface area contributed by atoms with Gasteiger partial charge in [0.25, 0.3) is 0 Å². The van der Waals surface area contributed by atoms with E-state index in [2.05, 4.69) is 0 Å². The van der Waals surface area contributed by atoms with Crippen LogP contribution in [0.1, 0.15) is 35.9 Å². The van der Waals surface area contributed by atoms with Crippen LogP contribution in [0.4, 0.5) is 10.1 Å².